The van der Waals surface area contributed by atoms with Crippen LogP contribution in [0.25, 0.3) is 10.8 Å². The van der Waals surface area contributed by atoms with Gasteiger partial charge in [-0.25, -0.2) is 4.68 Å². The third kappa shape index (κ3) is 5.13. The minimum atomic E-state index is -5.10. The number of alkyl halides is 6. The van der Waals surface area contributed by atoms with Crippen LogP contribution in [0.1, 0.15) is 21.6 Å². The third-order valence-electron chi connectivity index (χ3n) is 4.47. The molecule has 7 nitrogen and oxygen atoms in total. The van der Waals surface area contributed by atoms with E-state index in [1.54, 1.807) is 6.07 Å². The first kappa shape index (κ1) is 23.8. The molecule has 0 aliphatic rings. The Labute approximate surface area is 181 Å². The summed E-state index contributed by atoms with van der Waals surface area (Å²) >= 11 is 0. The van der Waals surface area contributed by atoms with Crippen molar-refractivity contribution in [2.24, 2.45) is 0 Å². The summed E-state index contributed by atoms with van der Waals surface area (Å²) in [6.07, 6.45) is -10.2. The molecule has 2 N–H and O–H groups in total. The van der Waals surface area contributed by atoms with Crippen molar-refractivity contribution in [3.63, 3.8) is 0 Å². The number of anilines is 1. The molecule has 0 saturated heterocycles. The molecule has 2 amide bonds. The number of benzene rings is 2. The molecule has 3 rings (SSSR count). The van der Waals surface area contributed by atoms with Crippen LogP contribution in [0.3, 0.4) is 0 Å². The van der Waals surface area contributed by atoms with Gasteiger partial charge in [-0.3, -0.25) is 14.4 Å². The number of nitrogens with one attached hydrogen (secondary N) is 2. The highest BCUT2D eigenvalue weighted by molar-refractivity contribution is 6.04. The molecule has 2 aromatic carbocycles. The van der Waals surface area contributed by atoms with Crippen LogP contribution >= 0.6 is 0 Å². The molecule has 3 aromatic rings. The van der Waals surface area contributed by atoms with Gasteiger partial charge in [-0.2, -0.15) is 31.4 Å². The zero-order valence-corrected chi connectivity index (χ0v) is 16.6. The van der Waals surface area contributed by atoms with E-state index in [2.05, 4.69) is 10.4 Å². The highest BCUT2D eigenvalue weighted by Crippen LogP contribution is 2.37. The van der Waals surface area contributed by atoms with Gasteiger partial charge in [0.1, 0.15) is 6.54 Å². The number of aromatic nitrogens is 2. The SMILES string of the molecule is CNC(=O)c1nn(CC(=O)Nc2cc(C(F)(F)F)cc(C(F)(F)F)c2)c(=O)c2ccccc12. The van der Waals surface area contributed by atoms with Crippen LogP contribution in [-0.4, -0.2) is 28.6 Å². The lowest BCUT2D eigenvalue weighted by Crippen LogP contribution is -2.33. The minimum Gasteiger partial charge on any atom is -0.354 e. The zero-order chi connectivity index (χ0) is 24.6. The summed E-state index contributed by atoms with van der Waals surface area (Å²) in [5.74, 6) is -1.80. The van der Waals surface area contributed by atoms with Crippen LogP contribution in [0.2, 0.25) is 0 Å². The smallest absolute Gasteiger partial charge is 0.354 e. The number of carbonyl (C=O) groups is 2. The lowest BCUT2D eigenvalue weighted by atomic mass is 10.1. The number of nitrogens with zero attached hydrogens (tertiary/aromatic N) is 2. The fourth-order valence-corrected chi connectivity index (χ4v) is 2.99. The van der Waals surface area contributed by atoms with Crippen molar-refractivity contribution >= 4 is 28.3 Å². The van der Waals surface area contributed by atoms with E-state index in [9.17, 15) is 40.7 Å². The quantitative estimate of drug-likeness (QED) is 0.569. The van der Waals surface area contributed by atoms with Gasteiger partial charge in [0.05, 0.1) is 16.5 Å². The molecular formula is C20H14F6N4O3. The van der Waals surface area contributed by atoms with E-state index in [1.807, 2.05) is 5.32 Å². The molecule has 33 heavy (non-hydrogen) atoms. The van der Waals surface area contributed by atoms with Crippen LogP contribution < -0.4 is 16.2 Å². The van der Waals surface area contributed by atoms with Crippen molar-refractivity contribution in [1.82, 2.24) is 15.1 Å². The van der Waals surface area contributed by atoms with Gasteiger partial charge in [-0.15, -0.1) is 0 Å². The summed E-state index contributed by atoms with van der Waals surface area (Å²) in [5.41, 5.74) is -4.99. The van der Waals surface area contributed by atoms with E-state index in [0.717, 1.165) is 0 Å². The number of hydrogen-bond donors (Lipinski definition) is 2. The number of amides is 2. The number of carbonyl (C=O) groups excluding carboxylic acids is 2. The lowest BCUT2D eigenvalue weighted by molar-refractivity contribution is -0.143. The normalized spacial score (nSPS) is 12.0. The predicted octanol–water partition coefficient (Wildman–Crippen LogP) is 3.43. The average molecular weight is 472 g/mol. The van der Waals surface area contributed by atoms with Crippen molar-refractivity contribution in [2.45, 2.75) is 18.9 Å². The van der Waals surface area contributed by atoms with E-state index >= 15 is 0 Å². The van der Waals surface area contributed by atoms with Gasteiger partial charge < -0.3 is 10.6 Å². The molecule has 1 aromatic heterocycles. The molecule has 0 bridgehead atoms. The molecule has 0 saturated carbocycles. The third-order valence-corrected chi connectivity index (χ3v) is 4.47. The van der Waals surface area contributed by atoms with E-state index in [4.69, 9.17) is 0 Å². The fraction of sp³-hybridized carbons (Fsp3) is 0.200. The van der Waals surface area contributed by atoms with E-state index in [0.29, 0.717) is 16.8 Å². The maximum atomic E-state index is 13.0. The largest absolute Gasteiger partial charge is 0.416 e. The number of halogens is 6. The first-order valence-corrected chi connectivity index (χ1v) is 9.12. The summed E-state index contributed by atoms with van der Waals surface area (Å²) in [6.45, 7) is -0.870. The molecule has 0 aliphatic heterocycles. The van der Waals surface area contributed by atoms with Crippen LogP contribution in [0, 0.1) is 0 Å². The van der Waals surface area contributed by atoms with Gasteiger partial charge >= 0.3 is 12.4 Å². The Kier molecular flexibility index (Phi) is 6.16. The highest BCUT2D eigenvalue weighted by atomic mass is 19.4. The molecule has 174 valence electrons. The summed E-state index contributed by atoms with van der Waals surface area (Å²) in [5, 5.41) is 8.31. The topological polar surface area (TPSA) is 93.1 Å². The molecule has 0 spiro atoms. The van der Waals surface area contributed by atoms with E-state index in [-0.39, 0.29) is 22.5 Å². The molecule has 0 unspecified atom stereocenters. The Morgan fingerprint density at radius 1 is 0.939 bits per heavy atom. The van der Waals surface area contributed by atoms with Gasteiger partial charge in [-0.1, -0.05) is 18.2 Å². The summed E-state index contributed by atoms with van der Waals surface area (Å²) < 4.78 is 78.6. The number of fused-ring (bicyclic) bond motifs is 1. The zero-order valence-electron chi connectivity index (χ0n) is 16.6. The van der Waals surface area contributed by atoms with Gasteiger partial charge in [0.2, 0.25) is 5.91 Å². The molecule has 0 radical (unpaired) electrons. The van der Waals surface area contributed by atoms with E-state index < -0.39 is 53.1 Å². The van der Waals surface area contributed by atoms with Gasteiger partial charge in [0.25, 0.3) is 11.5 Å². The Morgan fingerprint density at radius 2 is 1.48 bits per heavy atom. The Balaban J connectivity index is 1.98. The molecule has 0 aliphatic carbocycles. The number of hydrogen-bond acceptors (Lipinski definition) is 4. The molecule has 1 heterocycles. The van der Waals surface area contributed by atoms with Crippen LogP contribution in [0.15, 0.2) is 47.3 Å². The summed E-state index contributed by atoms with van der Waals surface area (Å²) in [4.78, 5) is 37.1. The fourth-order valence-electron chi connectivity index (χ4n) is 2.99. The summed E-state index contributed by atoms with van der Waals surface area (Å²) in [6, 6.07) is 6.48. The van der Waals surface area contributed by atoms with Crippen molar-refractivity contribution in [1.29, 1.82) is 0 Å². The number of rotatable bonds is 4. The second-order valence-corrected chi connectivity index (χ2v) is 6.78. The highest BCUT2D eigenvalue weighted by Gasteiger charge is 2.37. The standard InChI is InChI=1S/C20H14F6N4O3/c1-27-17(32)16-13-4-2-3-5-14(13)18(33)30(29-16)9-15(31)28-12-7-10(19(21,22)23)6-11(8-12)20(24,25)26/h2-8H,9H2,1H3,(H,27,32)(H,28,31). The van der Waals surface area contributed by atoms with Crippen molar-refractivity contribution in [3.05, 3.63) is 69.6 Å². The molecule has 0 fully saturated rings. The van der Waals surface area contributed by atoms with Crippen molar-refractivity contribution < 1.29 is 35.9 Å². The summed E-state index contributed by atoms with van der Waals surface area (Å²) in [7, 11) is 1.31. The Morgan fingerprint density at radius 3 is 2.00 bits per heavy atom. The maximum absolute atomic E-state index is 13.0. The lowest BCUT2D eigenvalue weighted by Gasteiger charge is -2.15. The van der Waals surface area contributed by atoms with Crippen LogP contribution in [0.4, 0.5) is 32.0 Å². The van der Waals surface area contributed by atoms with Crippen molar-refractivity contribution in [3.8, 4) is 0 Å². The Bertz CT molecular complexity index is 1270. The monoisotopic (exact) mass is 472 g/mol. The molecule has 13 heteroatoms. The van der Waals surface area contributed by atoms with Gasteiger partial charge in [0, 0.05) is 18.1 Å². The second-order valence-electron chi connectivity index (χ2n) is 6.78. The second kappa shape index (κ2) is 8.56. The van der Waals surface area contributed by atoms with Crippen LogP contribution in [0.5, 0.6) is 0 Å². The average Bonchev–Trinajstić information content (AvgIpc) is 2.73. The van der Waals surface area contributed by atoms with E-state index in [1.165, 1.54) is 25.2 Å². The van der Waals surface area contributed by atoms with Crippen molar-refractivity contribution in [2.75, 3.05) is 12.4 Å². The minimum absolute atomic E-state index is 0.0392. The molecular weight excluding hydrogens is 458 g/mol. The van der Waals surface area contributed by atoms with Crippen LogP contribution in [-0.2, 0) is 23.7 Å². The first-order chi connectivity index (χ1) is 15.3. The Hall–Kier alpha value is -3.90. The van der Waals surface area contributed by atoms with Gasteiger partial charge in [-0.05, 0) is 24.3 Å². The predicted molar refractivity (Wildman–Crippen MR) is 104 cm³/mol. The van der Waals surface area contributed by atoms with Gasteiger partial charge in [0.15, 0.2) is 5.69 Å². The molecule has 0 atom stereocenters. The maximum Gasteiger partial charge on any atom is 0.416 e. The first-order valence-electron chi connectivity index (χ1n) is 9.12.